The molecule has 0 bridgehead atoms. The Labute approximate surface area is 108 Å². The highest BCUT2D eigenvalue weighted by Gasteiger charge is 2.26. The zero-order valence-electron chi connectivity index (χ0n) is 10.5. The van der Waals surface area contributed by atoms with Crippen LogP contribution < -0.4 is 4.90 Å². The molecule has 18 heavy (non-hydrogen) atoms. The van der Waals surface area contributed by atoms with Crippen LogP contribution >= 0.6 is 0 Å². The lowest BCUT2D eigenvalue weighted by Gasteiger charge is -2.35. The number of pyridine rings is 1. The van der Waals surface area contributed by atoms with Gasteiger partial charge in [0.2, 0.25) is 0 Å². The number of hydrogen-bond acceptors (Lipinski definition) is 4. The predicted molar refractivity (Wildman–Crippen MR) is 70.3 cm³/mol. The van der Waals surface area contributed by atoms with Crippen LogP contribution in [0.2, 0.25) is 0 Å². The quantitative estimate of drug-likeness (QED) is 0.805. The zero-order valence-corrected chi connectivity index (χ0v) is 10.5. The Hall–Kier alpha value is -1.60. The second kappa shape index (κ2) is 4.95. The fraction of sp³-hybridized carbons (Fsp3) is 0.571. The minimum absolute atomic E-state index is 0.695. The van der Waals surface area contributed by atoms with E-state index in [-0.39, 0.29) is 0 Å². The summed E-state index contributed by atoms with van der Waals surface area (Å²) in [5.41, 5.74) is 0.695. The monoisotopic (exact) mass is 242 g/mol. The zero-order chi connectivity index (χ0) is 12.4. The summed E-state index contributed by atoms with van der Waals surface area (Å²) in [5, 5.41) is 8.90. The van der Waals surface area contributed by atoms with Crippen molar-refractivity contribution in [2.75, 3.05) is 37.6 Å². The first kappa shape index (κ1) is 11.5. The lowest BCUT2D eigenvalue weighted by molar-refractivity contribution is 0.247. The highest BCUT2D eigenvalue weighted by atomic mass is 15.3. The molecule has 2 aliphatic rings. The van der Waals surface area contributed by atoms with E-state index in [0.29, 0.717) is 5.56 Å². The Balaban J connectivity index is 1.59. The third-order valence-electron chi connectivity index (χ3n) is 3.78. The van der Waals surface area contributed by atoms with Crippen molar-refractivity contribution in [1.29, 1.82) is 5.26 Å². The summed E-state index contributed by atoms with van der Waals surface area (Å²) < 4.78 is 0. The number of nitrogens with zero attached hydrogens (tertiary/aromatic N) is 4. The minimum atomic E-state index is 0.695. The first-order valence-electron chi connectivity index (χ1n) is 6.68. The van der Waals surface area contributed by atoms with Crippen molar-refractivity contribution in [1.82, 2.24) is 9.88 Å². The maximum Gasteiger partial charge on any atom is 0.129 e. The maximum atomic E-state index is 8.90. The van der Waals surface area contributed by atoms with Gasteiger partial charge in [-0.05, 0) is 30.9 Å². The molecule has 94 valence electrons. The second-order valence-electron chi connectivity index (χ2n) is 5.25. The van der Waals surface area contributed by atoms with E-state index < -0.39 is 0 Å². The third-order valence-corrected chi connectivity index (χ3v) is 3.78. The summed E-state index contributed by atoms with van der Waals surface area (Å²) in [4.78, 5) is 9.21. The van der Waals surface area contributed by atoms with Crippen molar-refractivity contribution in [3.05, 3.63) is 23.9 Å². The van der Waals surface area contributed by atoms with Crippen molar-refractivity contribution in [2.24, 2.45) is 5.92 Å². The van der Waals surface area contributed by atoms with E-state index in [4.69, 9.17) is 5.26 Å². The van der Waals surface area contributed by atoms with Crippen molar-refractivity contribution < 1.29 is 0 Å². The Morgan fingerprint density at radius 1 is 1.28 bits per heavy atom. The highest BCUT2D eigenvalue weighted by molar-refractivity contribution is 5.45. The third kappa shape index (κ3) is 2.62. The number of aromatic nitrogens is 1. The van der Waals surface area contributed by atoms with Crippen LogP contribution in [0.3, 0.4) is 0 Å². The molecule has 0 atom stereocenters. The molecule has 1 aromatic rings. The van der Waals surface area contributed by atoms with Crippen LogP contribution in [0.25, 0.3) is 0 Å². The molecule has 1 aliphatic carbocycles. The lowest BCUT2D eigenvalue weighted by Crippen LogP contribution is -2.47. The molecule has 0 unspecified atom stereocenters. The molecule has 0 N–H and O–H groups in total. The van der Waals surface area contributed by atoms with Crippen LogP contribution in [0.5, 0.6) is 0 Å². The molecule has 0 aromatic carbocycles. The van der Waals surface area contributed by atoms with E-state index in [0.717, 1.165) is 37.9 Å². The summed E-state index contributed by atoms with van der Waals surface area (Å²) in [6, 6.07) is 5.81. The standard InChI is InChI=1S/C14H18N4/c15-10-13-3-4-16-14(9-13)18-7-5-17(6-8-18)11-12-1-2-12/h3-4,9,12H,1-2,5-8,11H2. The van der Waals surface area contributed by atoms with Gasteiger partial charge < -0.3 is 4.90 Å². The fourth-order valence-electron chi connectivity index (χ4n) is 2.49. The molecule has 0 spiro atoms. The topological polar surface area (TPSA) is 43.2 Å². The van der Waals surface area contributed by atoms with Gasteiger partial charge in [-0.25, -0.2) is 4.98 Å². The summed E-state index contributed by atoms with van der Waals surface area (Å²) in [7, 11) is 0. The Morgan fingerprint density at radius 2 is 2.06 bits per heavy atom. The number of rotatable bonds is 3. The molecule has 4 nitrogen and oxygen atoms in total. The van der Waals surface area contributed by atoms with Gasteiger partial charge in [0, 0.05) is 38.9 Å². The van der Waals surface area contributed by atoms with E-state index in [1.165, 1.54) is 19.4 Å². The molecule has 1 aliphatic heterocycles. The largest absolute Gasteiger partial charge is 0.354 e. The first-order chi connectivity index (χ1) is 8.85. The van der Waals surface area contributed by atoms with Gasteiger partial charge in [0.15, 0.2) is 0 Å². The first-order valence-corrected chi connectivity index (χ1v) is 6.68. The molecule has 0 radical (unpaired) electrons. The Bertz CT molecular complexity index is 453. The Kier molecular flexibility index (Phi) is 3.16. The number of nitriles is 1. The van der Waals surface area contributed by atoms with Crippen LogP contribution in [0.4, 0.5) is 5.82 Å². The normalized spacial score (nSPS) is 20.7. The number of piperazine rings is 1. The van der Waals surface area contributed by atoms with E-state index in [1.54, 1.807) is 12.3 Å². The molecule has 2 heterocycles. The average molecular weight is 242 g/mol. The van der Waals surface area contributed by atoms with Crippen LogP contribution in [-0.2, 0) is 0 Å². The van der Waals surface area contributed by atoms with Crippen LogP contribution in [0.1, 0.15) is 18.4 Å². The van der Waals surface area contributed by atoms with Crippen molar-refractivity contribution in [3.63, 3.8) is 0 Å². The molecule has 1 saturated heterocycles. The van der Waals surface area contributed by atoms with Gasteiger partial charge >= 0.3 is 0 Å². The van der Waals surface area contributed by atoms with Gasteiger partial charge in [-0.15, -0.1) is 0 Å². The summed E-state index contributed by atoms with van der Waals surface area (Å²) in [6.45, 7) is 5.56. The predicted octanol–water partition coefficient (Wildman–Crippen LogP) is 1.49. The van der Waals surface area contributed by atoms with Gasteiger partial charge in [-0.1, -0.05) is 0 Å². The van der Waals surface area contributed by atoms with Gasteiger partial charge in [0.1, 0.15) is 5.82 Å². The molecule has 3 rings (SSSR count). The van der Waals surface area contributed by atoms with Gasteiger partial charge in [-0.3, -0.25) is 4.90 Å². The molecule has 0 amide bonds. The SMILES string of the molecule is N#Cc1ccnc(N2CCN(CC3CC3)CC2)c1. The van der Waals surface area contributed by atoms with E-state index in [1.807, 2.05) is 6.07 Å². The summed E-state index contributed by atoms with van der Waals surface area (Å²) >= 11 is 0. The van der Waals surface area contributed by atoms with Crippen molar-refractivity contribution in [2.45, 2.75) is 12.8 Å². The molecule has 1 saturated carbocycles. The van der Waals surface area contributed by atoms with E-state index >= 15 is 0 Å². The summed E-state index contributed by atoms with van der Waals surface area (Å²) in [6.07, 6.45) is 4.57. The van der Waals surface area contributed by atoms with Crippen LogP contribution in [0, 0.1) is 17.2 Å². The van der Waals surface area contributed by atoms with Gasteiger partial charge in [-0.2, -0.15) is 5.26 Å². The smallest absolute Gasteiger partial charge is 0.129 e. The minimum Gasteiger partial charge on any atom is -0.354 e. The molecule has 4 heteroatoms. The molecule has 2 fully saturated rings. The molecular formula is C14H18N4. The van der Waals surface area contributed by atoms with Crippen molar-refractivity contribution >= 4 is 5.82 Å². The fourth-order valence-corrected chi connectivity index (χ4v) is 2.49. The number of anilines is 1. The summed E-state index contributed by atoms with van der Waals surface area (Å²) in [5.74, 6) is 1.91. The maximum absolute atomic E-state index is 8.90. The van der Waals surface area contributed by atoms with E-state index in [2.05, 4.69) is 20.9 Å². The molecule has 1 aromatic heterocycles. The van der Waals surface area contributed by atoms with Crippen LogP contribution in [0.15, 0.2) is 18.3 Å². The second-order valence-corrected chi connectivity index (χ2v) is 5.25. The van der Waals surface area contributed by atoms with E-state index in [9.17, 15) is 0 Å². The average Bonchev–Trinajstić information content (AvgIpc) is 3.24. The van der Waals surface area contributed by atoms with Gasteiger partial charge in [0.05, 0.1) is 11.6 Å². The number of hydrogen-bond donors (Lipinski definition) is 0. The van der Waals surface area contributed by atoms with Crippen molar-refractivity contribution in [3.8, 4) is 6.07 Å². The van der Waals surface area contributed by atoms with Gasteiger partial charge in [0.25, 0.3) is 0 Å². The lowest BCUT2D eigenvalue weighted by atomic mass is 10.2. The molecular weight excluding hydrogens is 224 g/mol. The van der Waals surface area contributed by atoms with Crippen LogP contribution in [-0.4, -0.2) is 42.6 Å². The highest BCUT2D eigenvalue weighted by Crippen LogP contribution is 2.30. The Morgan fingerprint density at radius 3 is 2.72 bits per heavy atom.